The molecule has 0 aliphatic carbocycles. The van der Waals surface area contributed by atoms with Crippen molar-refractivity contribution >= 4 is 40.8 Å². The molecule has 5 nitrogen and oxygen atoms in total. The monoisotopic (exact) mass is 331 g/mol. The van der Waals surface area contributed by atoms with Gasteiger partial charge in [-0.25, -0.2) is 9.48 Å². The van der Waals surface area contributed by atoms with Crippen LogP contribution in [0.25, 0.3) is 15.8 Å². The topological polar surface area (TPSA) is 57.0 Å². The molecule has 3 rings (SSSR count). The highest BCUT2D eigenvalue weighted by atomic mass is 32.1. The van der Waals surface area contributed by atoms with Crippen LogP contribution in [-0.4, -0.2) is 36.1 Å². The molecule has 0 atom stereocenters. The predicted molar refractivity (Wildman–Crippen MR) is 91.1 cm³/mol. The summed E-state index contributed by atoms with van der Waals surface area (Å²) in [6.07, 6.45) is 2.00. The van der Waals surface area contributed by atoms with E-state index in [0.29, 0.717) is 4.88 Å². The Hall–Kier alpha value is -1.99. The summed E-state index contributed by atoms with van der Waals surface area (Å²) in [6, 6.07) is 7.85. The van der Waals surface area contributed by atoms with Gasteiger partial charge in [0, 0.05) is 10.9 Å². The number of hydrogen-bond acceptors (Lipinski definition) is 5. The lowest BCUT2D eigenvalue weighted by Gasteiger charge is -2.09. The Balaban J connectivity index is 2.01. The first kappa shape index (κ1) is 14.9. The van der Waals surface area contributed by atoms with Crippen LogP contribution >= 0.6 is 11.3 Å². The number of fused-ring (bicyclic) bond motifs is 1. The molecule has 0 aliphatic rings. The standard InChI is InChI=1S/C15H17N3O2SSi/c1-20-15(19)13-7-10-5-6-11(8-12(10)21-13)18-9-14(16-17-18)22(2,3)4/h5-9H,1-4H3. The number of aromatic nitrogens is 3. The average Bonchev–Trinajstić information content (AvgIpc) is 3.11. The lowest BCUT2D eigenvalue weighted by molar-refractivity contribution is 0.0606. The van der Waals surface area contributed by atoms with Gasteiger partial charge < -0.3 is 4.74 Å². The number of carbonyl (C=O) groups is 1. The van der Waals surface area contributed by atoms with E-state index in [0.717, 1.165) is 21.1 Å². The van der Waals surface area contributed by atoms with Crippen molar-refractivity contribution in [1.82, 2.24) is 15.0 Å². The predicted octanol–water partition coefficient (Wildman–Crippen LogP) is 2.81. The largest absolute Gasteiger partial charge is 0.465 e. The summed E-state index contributed by atoms with van der Waals surface area (Å²) >= 11 is 1.42. The van der Waals surface area contributed by atoms with E-state index in [1.165, 1.54) is 18.4 Å². The van der Waals surface area contributed by atoms with E-state index in [2.05, 4.69) is 30.0 Å². The van der Waals surface area contributed by atoms with Gasteiger partial charge in [-0.1, -0.05) is 30.9 Å². The SMILES string of the molecule is COC(=O)c1cc2ccc(-n3cc([Si](C)(C)C)nn3)cc2s1. The third-order valence-corrected chi connectivity index (χ3v) is 6.26. The Morgan fingerprint density at radius 2 is 2.05 bits per heavy atom. The molecule has 0 aliphatic heterocycles. The van der Waals surface area contributed by atoms with Crippen LogP contribution in [0.4, 0.5) is 0 Å². The fraction of sp³-hybridized carbons (Fsp3) is 0.267. The van der Waals surface area contributed by atoms with Gasteiger partial charge in [-0.3, -0.25) is 0 Å². The number of carbonyl (C=O) groups excluding carboxylic acids is 1. The Labute approximate surface area is 133 Å². The van der Waals surface area contributed by atoms with Gasteiger partial charge in [0.1, 0.15) is 13.0 Å². The summed E-state index contributed by atoms with van der Waals surface area (Å²) < 4.78 is 7.60. The third kappa shape index (κ3) is 2.69. The summed E-state index contributed by atoms with van der Waals surface area (Å²) in [7, 11) is -0.0735. The van der Waals surface area contributed by atoms with Gasteiger partial charge in [0.25, 0.3) is 0 Å². The van der Waals surface area contributed by atoms with Crippen LogP contribution in [0.5, 0.6) is 0 Å². The lowest BCUT2D eigenvalue weighted by Crippen LogP contribution is -2.38. The first-order valence-corrected chi connectivity index (χ1v) is 11.3. The molecule has 2 aromatic heterocycles. The summed E-state index contributed by atoms with van der Waals surface area (Å²) in [5, 5.41) is 10.6. The second kappa shape index (κ2) is 5.33. The zero-order chi connectivity index (χ0) is 15.9. The third-order valence-electron chi connectivity index (χ3n) is 3.42. The molecular formula is C15H17N3O2SSi. The number of methoxy groups -OCH3 is 1. The van der Waals surface area contributed by atoms with Crippen LogP contribution < -0.4 is 5.32 Å². The normalized spacial score (nSPS) is 11.8. The molecule has 22 heavy (non-hydrogen) atoms. The first-order chi connectivity index (χ1) is 10.4. The van der Waals surface area contributed by atoms with Crippen LogP contribution in [0.3, 0.4) is 0 Å². The van der Waals surface area contributed by atoms with Crippen LogP contribution in [0.1, 0.15) is 9.67 Å². The first-order valence-electron chi connectivity index (χ1n) is 6.93. The quantitative estimate of drug-likeness (QED) is 0.547. The van der Waals surface area contributed by atoms with Crippen molar-refractivity contribution in [2.45, 2.75) is 19.6 Å². The summed E-state index contributed by atoms with van der Waals surface area (Å²) in [4.78, 5) is 12.2. The second-order valence-corrected chi connectivity index (χ2v) is 12.2. The lowest BCUT2D eigenvalue weighted by atomic mass is 10.2. The van der Waals surface area contributed by atoms with E-state index >= 15 is 0 Å². The van der Waals surface area contributed by atoms with Crippen molar-refractivity contribution in [2.75, 3.05) is 7.11 Å². The Morgan fingerprint density at radius 3 is 2.68 bits per heavy atom. The molecule has 0 unspecified atom stereocenters. The molecule has 0 N–H and O–H groups in total. The molecule has 0 spiro atoms. The summed E-state index contributed by atoms with van der Waals surface area (Å²) in [5.74, 6) is -0.301. The molecule has 114 valence electrons. The second-order valence-electron chi connectivity index (χ2n) is 6.12. The minimum Gasteiger partial charge on any atom is -0.465 e. The van der Waals surface area contributed by atoms with Crippen LogP contribution in [0.2, 0.25) is 19.6 Å². The zero-order valence-electron chi connectivity index (χ0n) is 13.0. The number of benzene rings is 1. The molecule has 2 heterocycles. The molecule has 0 bridgehead atoms. The molecule has 0 radical (unpaired) electrons. The van der Waals surface area contributed by atoms with Gasteiger partial charge in [-0.2, -0.15) is 0 Å². The van der Waals surface area contributed by atoms with Gasteiger partial charge in [0.15, 0.2) is 0 Å². The maximum absolute atomic E-state index is 11.6. The molecule has 0 saturated carbocycles. The average molecular weight is 331 g/mol. The Kier molecular flexibility index (Phi) is 3.62. The highest BCUT2D eigenvalue weighted by Gasteiger charge is 2.21. The molecular weight excluding hydrogens is 314 g/mol. The van der Waals surface area contributed by atoms with Gasteiger partial charge in [-0.05, 0) is 23.6 Å². The fourth-order valence-electron chi connectivity index (χ4n) is 2.10. The zero-order valence-corrected chi connectivity index (χ0v) is 14.8. The minimum absolute atomic E-state index is 0.301. The van der Waals surface area contributed by atoms with Gasteiger partial charge >= 0.3 is 5.97 Å². The Morgan fingerprint density at radius 1 is 1.27 bits per heavy atom. The van der Waals surface area contributed by atoms with E-state index < -0.39 is 8.07 Å². The molecule has 3 aromatic rings. The van der Waals surface area contributed by atoms with Gasteiger partial charge in [0.2, 0.25) is 0 Å². The van der Waals surface area contributed by atoms with E-state index in [4.69, 9.17) is 4.74 Å². The maximum Gasteiger partial charge on any atom is 0.348 e. The fourth-order valence-corrected chi connectivity index (χ4v) is 3.97. The van der Waals surface area contributed by atoms with E-state index in [1.54, 1.807) is 4.68 Å². The van der Waals surface area contributed by atoms with Crippen molar-refractivity contribution < 1.29 is 9.53 Å². The number of hydrogen-bond donors (Lipinski definition) is 0. The van der Waals surface area contributed by atoms with Crippen LogP contribution in [0, 0.1) is 0 Å². The minimum atomic E-state index is -1.47. The highest BCUT2D eigenvalue weighted by Crippen LogP contribution is 2.28. The maximum atomic E-state index is 11.6. The number of nitrogens with zero attached hydrogens (tertiary/aromatic N) is 3. The van der Waals surface area contributed by atoms with Gasteiger partial charge in [0.05, 0.1) is 18.1 Å². The van der Waals surface area contributed by atoms with Gasteiger partial charge in [-0.15, -0.1) is 16.4 Å². The smallest absolute Gasteiger partial charge is 0.348 e. The number of esters is 1. The number of rotatable bonds is 3. The Bertz CT molecular complexity index is 848. The van der Waals surface area contributed by atoms with E-state index in [1.807, 2.05) is 30.5 Å². The van der Waals surface area contributed by atoms with Crippen molar-refractivity contribution in [1.29, 1.82) is 0 Å². The summed E-state index contributed by atoms with van der Waals surface area (Å²) in [6.45, 7) is 6.73. The number of ether oxygens (including phenoxy) is 1. The molecule has 0 saturated heterocycles. The molecule has 1 aromatic carbocycles. The van der Waals surface area contributed by atoms with E-state index in [-0.39, 0.29) is 5.97 Å². The highest BCUT2D eigenvalue weighted by molar-refractivity contribution is 7.20. The molecule has 7 heteroatoms. The van der Waals surface area contributed by atoms with Crippen LogP contribution in [-0.2, 0) is 4.74 Å². The van der Waals surface area contributed by atoms with Crippen molar-refractivity contribution in [3.63, 3.8) is 0 Å². The summed E-state index contributed by atoms with van der Waals surface area (Å²) in [5.41, 5.74) is 0.947. The number of thiophene rings is 1. The molecule has 0 fully saturated rings. The van der Waals surface area contributed by atoms with E-state index in [9.17, 15) is 4.79 Å². The van der Waals surface area contributed by atoms with Crippen molar-refractivity contribution in [3.05, 3.63) is 35.3 Å². The van der Waals surface area contributed by atoms with Crippen molar-refractivity contribution in [2.24, 2.45) is 0 Å². The molecule has 0 amide bonds. The van der Waals surface area contributed by atoms with Crippen LogP contribution in [0.15, 0.2) is 30.5 Å². The van der Waals surface area contributed by atoms with Crippen molar-refractivity contribution in [3.8, 4) is 5.69 Å².